The summed E-state index contributed by atoms with van der Waals surface area (Å²) in [6, 6.07) is 29.0. The van der Waals surface area contributed by atoms with Crippen LogP contribution >= 0.6 is 0 Å². The third-order valence-electron chi connectivity index (χ3n) is 5.65. The van der Waals surface area contributed by atoms with E-state index in [4.69, 9.17) is 0 Å². The minimum atomic E-state index is 0.0884. The van der Waals surface area contributed by atoms with E-state index in [1.807, 2.05) is 45.5 Å². The van der Waals surface area contributed by atoms with Crippen LogP contribution in [-0.4, -0.2) is 9.13 Å². The van der Waals surface area contributed by atoms with E-state index in [1.165, 1.54) is 11.1 Å². The molecule has 0 bridgehead atoms. The Balaban J connectivity index is 1.63. The molecule has 1 aromatic heterocycles. The maximum Gasteiger partial charge on any atom is 0.329 e. The van der Waals surface area contributed by atoms with E-state index >= 15 is 0 Å². The molecular formula is C25H22N2O. The van der Waals surface area contributed by atoms with E-state index in [0.29, 0.717) is 13.1 Å². The highest BCUT2D eigenvalue weighted by Crippen LogP contribution is 2.27. The van der Waals surface area contributed by atoms with Gasteiger partial charge in [-0.3, -0.25) is 9.13 Å². The minimum Gasteiger partial charge on any atom is -0.291 e. The molecule has 0 aliphatic heterocycles. The first-order chi connectivity index (χ1) is 13.8. The third kappa shape index (κ3) is 2.99. The van der Waals surface area contributed by atoms with Gasteiger partial charge in [-0.2, -0.15) is 0 Å². The predicted molar refractivity (Wildman–Crippen MR) is 112 cm³/mol. The van der Waals surface area contributed by atoms with Gasteiger partial charge in [-0.15, -0.1) is 0 Å². The van der Waals surface area contributed by atoms with E-state index in [9.17, 15) is 4.79 Å². The summed E-state index contributed by atoms with van der Waals surface area (Å²) in [7, 11) is 0. The van der Waals surface area contributed by atoms with Crippen LogP contribution in [0.3, 0.4) is 0 Å². The highest BCUT2D eigenvalue weighted by atomic mass is 16.1. The van der Waals surface area contributed by atoms with Gasteiger partial charge in [-0.25, -0.2) is 4.79 Å². The summed E-state index contributed by atoms with van der Waals surface area (Å²) in [5.74, 6) is 0. The summed E-state index contributed by atoms with van der Waals surface area (Å²) in [6.07, 6.45) is 1.63. The zero-order chi connectivity index (χ0) is 18.9. The van der Waals surface area contributed by atoms with Gasteiger partial charge in [0.15, 0.2) is 0 Å². The number of hydrogen-bond acceptors (Lipinski definition) is 1. The second-order valence-electron chi connectivity index (χ2n) is 7.44. The zero-order valence-corrected chi connectivity index (χ0v) is 15.7. The molecule has 3 heteroatoms. The number of aromatic nitrogens is 2. The topological polar surface area (TPSA) is 26.9 Å². The Kier molecular flexibility index (Phi) is 4.21. The number of benzene rings is 3. The summed E-state index contributed by atoms with van der Waals surface area (Å²) >= 11 is 0. The summed E-state index contributed by atoms with van der Waals surface area (Å²) < 4.78 is 3.95. The smallest absolute Gasteiger partial charge is 0.291 e. The lowest BCUT2D eigenvalue weighted by atomic mass is 9.92. The third-order valence-corrected chi connectivity index (χ3v) is 5.65. The monoisotopic (exact) mass is 366 g/mol. The van der Waals surface area contributed by atoms with Gasteiger partial charge < -0.3 is 0 Å². The fourth-order valence-corrected chi connectivity index (χ4v) is 4.20. The van der Waals surface area contributed by atoms with Gasteiger partial charge in [0.1, 0.15) is 0 Å². The van der Waals surface area contributed by atoms with Crippen LogP contribution in [0.2, 0.25) is 0 Å². The van der Waals surface area contributed by atoms with Crippen LogP contribution in [0.15, 0.2) is 89.7 Å². The minimum absolute atomic E-state index is 0.0884. The Morgan fingerprint density at radius 1 is 0.571 bits per heavy atom. The Labute approximate surface area is 164 Å². The molecule has 4 aromatic rings. The molecular weight excluding hydrogens is 344 g/mol. The number of nitrogens with zero attached hydrogens (tertiary/aromatic N) is 2. The lowest BCUT2D eigenvalue weighted by Crippen LogP contribution is -2.26. The second-order valence-corrected chi connectivity index (χ2v) is 7.44. The van der Waals surface area contributed by atoms with Gasteiger partial charge in [-0.1, -0.05) is 84.9 Å². The fourth-order valence-electron chi connectivity index (χ4n) is 4.20. The van der Waals surface area contributed by atoms with Crippen LogP contribution in [-0.2, 0) is 25.9 Å². The first-order valence-electron chi connectivity index (χ1n) is 9.75. The van der Waals surface area contributed by atoms with Gasteiger partial charge in [0, 0.05) is 24.2 Å². The molecule has 138 valence electrons. The summed E-state index contributed by atoms with van der Waals surface area (Å²) in [5, 5.41) is 0. The molecule has 0 N–H and O–H groups in total. The van der Waals surface area contributed by atoms with Crippen LogP contribution in [0.25, 0.3) is 0 Å². The van der Waals surface area contributed by atoms with E-state index in [-0.39, 0.29) is 5.69 Å². The molecule has 1 aliphatic rings. The van der Waals surface area contributed by atoms with Gasteiger partial charge in [0.2, 0.25) is 0 Å². The lowest BCUT2D eigenvalue weighted by molar-refractivity contribution is 0.669. The standard InChI is InChI=1S/C25H22N2O/c28-25-26(17-19-9-3-1-4-10-19)23-15-21-13-7-8-14-22(21)16-24(23)27(25)18-20-11-5-2-6-12-20/h1-14H,15-18H2. The van der Waals surface area contributed by atoms with E-state index < -0.39 is 0 Å². The quantitative estimate of drug-likeness (QED) is 0.467. The van der Waals surface area contributed by atoms with Crippen molar-refractivity contribution in [2.24, 2.45) is 0 Å². The molecule has 0 atom stereocenters. The van der Waals surface area contributed by atoms with Crippen LogP contribution in [0.5, 0.6) is 0 Å². The Morgan fingerprint density at radius 2 is 0.964 bits per heavy atom. The van der Waals surface area contributed by atoms with Crippen molar-refractivity contribution in [1.29, 1.82) is 0 Å². The molecule has 5 rings (SSSR count). The van der Waals surface area contributed by atoms with E-state index in [0.717, 1.165) is 35.4 Å². The van der Waals surface area contributed by atoms with Crippen molar-refractivity contribution < 1.29 is 0 Å². The van der Waals surface area contributed by atoms with Gasteiger partial charge in [-0.05, 0) is 22.3 Å². The molecule has 0 radical (unpaired) electrons. The molecule has 3 aromatic carbocycles. The lowest BCUT2D eigenvalue weighted by Gasteiger charge is -2.19. The molecule has 1 heterocycles. The van der Waals surface area contributed by atoms with Crippen molar-refractivity contribution >= 4 is 0 Å². The Bertz CT molecular complexity index is 1080. The summed E-state index contributed by atoms with van der Waals surface area (Å²) in [6.45, 7) is 1.23. The summed E-state index contributed by atoms with van der Waals surface area (Å²) in [5.41, 5.74) is 7.37. The van der Waals surface area contributed by atoms with Crippen molar-refractivity contribution in [2.75, 3.05) is 0 Å². The summed E-state index contributed by atoms with van der Waals surface area (Å²) in [4.78, 5) is 13.4. The molecule has 3 nitrogen and oxygen atoms in total. The molecule has 0 fully saturated rings. The van der Waals surface area contributed by atoms with Crippen molar-refractivity contribution in [2.45, 2.75) is 25.9 Å². The van der Waals surface area contributed by atoms with Crippen LogP contribution in [0.4, 0.5) is 0 Å². The predicted octanol–water partition coefficient (Wildman–Crippen LogP) is 4.24. The number of rotatable bonds is 4. The molecule has 28 heavy (non-hydrogen) atoms. The molecule has 1 aliphatic carbocycles. The van der Waals surface area contributed by atoms with Gasteiger partial charge >= 0.3 is 5.69 Å². The normalized spacial score (nSPS) is 12.4. The molecule has 0 amide bonds. The van der Waals surface area contributed by atoms with Crippen LogP contribution < -0.4 is 5.69 Å². The average Bonchev–Trinajstić information content (AvgIpc) is 2.99. The Hall–Kier alpha value is -3.33. The highest BCUT2D eigenvalue weighted by molar-refractivity contribution is 5.41. The number of hydrogen-bond donors (Lipinski definition) is 0. The van der Waals surface area contributed by atoms with Crippen molar-refractivity contribution in [3.63, 3.8) is 0 Å². The van der Waals surface area contributed by atoms with Crippen LogP contribution in [0.1, 0.15) is 33.6 Å². The van der Waals surface area contributed by atoms with E-state index in [1.54, 1.807) is 0 Å². The largest absolute Gasteiger partial charge is 0.329 e. The van der Waals surface area contributed by atoms with E-state index in [2.05, 4.69) is 48.5 Å². The highest BCUT2D eigenvalue weighted by Gasteiger charge is 2.25. The average molecular weight is 366 g/mol. The Morgan fingerprint density at radius 3 is 1.39 bits per heavy atom. The number of fused-ring (bicyclic) bond motifs is 2. The van der Waals surface area contributed by atoms with Gasteiger partial charge in [0.25, 0.3) is 0 Å². The fraction of sp³-hybridized carbons (Fsp3) is 0.160. The molecule has 0 unspecified atom stereocenters. The van der Waals surface area contributed by atoms with Gasteiger partial charge in [0.05, 0.1) is 13.1 Å². The first-order valence-corrected chi connectivity index (χ1v) is 9.75. The zero-order valence-electron chi connectivity index (χ0n) is 15.7. The number of imidazole rings is 1. The molecule has 0 spiro atoms. The first kappa shape index (κ1) is 16.8. The molecule has 0 saturated heterocycles. The molecule has 0 saturated carbocycles. The SMILES string of the molecule is O=c1n(Cc2ccccc2)c2c(n1Cc1ccccc1)Cc1ccccc1C2. The van der Waals surface area contributed by atoms with Crippen molar-refractivity contribution in [1.82, 2.24) is 9.13 Å². The maximum absolute atomic E-state index is 13.4. The second kappa shape index (κ2) is 7.01. The van der Waals surface area contributed by atoms with Crippen molar-refractivity contribution in [3.05, 3.63) is 129 Å². The van der Waals surface area contributed by atoms with Crippen molar-refractivity contribution in [3.8, 4) is 0 Å². The van der Waals surface area contributed by atoms with Crippen LogP contribution in [0, 0.1) is 0 Å². The maximum atomic E-state index is 13.4.